The van der Waals surface area contributed by atoms with Crippen LogP contribution in [0.3, 0.4) is 0 Å². The maximum atomic E-state index is 10.5. The van der Waals surface area contributed by atoms with Crippen molar-refractivity contribution in [3.63, 3.8) is 0 Å². The van der Waals surface area contributed by atoms with Crippen LogP contribution < -0.4 is 5.32 Å². The number of hydrogen-bond acceptors (Lipinski definition) is 2. The molecule has 0 unspecified atom stereocenters. The molecule has 0 aliphatic heterocycles. The number of nitrogens with one attached hydrogen (secondary N) is 1. The van der Waals surface area contributed by atoms with Crippen LogP contribution in [-0.4, -0.2) is 17.6 Å². The monoisotopic (exact) mass is 385 g/mol. The summed E-state index contributed by atoms with van der Waals surface area (Å²) in [6.45, 7) is 4.74. The molecule has 0 fully saturated rings. The summed E-state index contributed by atoms with van der Waals surface area (Å²) in [7, 11) is 0. The van der Waals surface area contributed by atoms with Crippen molar-refractivity contribution < 1.29 is 9.90 Å². The summed E-state index contributed by atoms with van der Waals surface area (Å²) in [4.78, 5) is 10.5. The Hall–Kier alpha value is -2.03. The number of benzene rings is 1. The Morgan fingerprint density at radius 1 is 0.857 bits per heavy atom. The molecule has 28 heavy (non-hydrogen) atoms. The van der Waals surface area contributed by atoms with E-state index in [0.29, 0.717) is 6.42 Å². The number of allylic oxidation sites excluding steroid dienone is 3. The van der Waals surface area contributed by atoms with Gasteiger partial charge in [-0.25, -0.2) is 0 Å². The average molecular weight is 386 g/mol. The predicted octanol–water partition coefficient (Wildman–Crippen LogP) is 7.15. The highest BCUT2D eigenvalue weighted by molar-refractivity contribution is 5.66. The maximum absolute atomic E-state index is 10.5. The summed E-state index contributed by atoms with van der Waals surface area (Å²) in [5.74, 6) is -0.720. The zero-order chi connectivity index (χ0) is 20.3. The van der Waals surface area contributed by atoms with Gasteiger partial charge in [0.15, 0.2) is 0 Å². The Balaban J connectivity index is 1.95. The second-order valence-corrected chi connectivity index (χ2v) is 7.47. The van der Waals surface area contributed by atoms with Gasteiger partial charge in [-0.2, -0.15) is 0 Å². The van der Waals surface area contributed by atoms with Crippen molar-refractivity contribution >= 4 is 11.7 Å². The van der Waals surface area contributed by atoms with E-state index >= 15 is 0 Å². The van der Waals surface area contributed by atoms with Crippen molar-refractivity contribution in [3.8, 4) is 0 Å². The molecular weight excluding hydrogens is 346 g/mol. The second-order valence-electron chi connectivity index (χ2n) is 7.47. The van der Waals surface area contributed by atoms with E-state index < -0.39 is 5.97 Å². The number of aryl methyl sites for hydroxylation is 1. The molecule has 3 heteroatoms. The number of rotatable bonds is 18. The van der Waals surface area contributed by atoms with Crippen molar-refractivity contribution in [1.82, 2.24) is 0 Å². The third-order valence-corrected chi connectivity index (χ3v) is 4.88. The molecule has 0 saturated carbocycles. The van der Waals surface area contributed by atoms with Gasteiger partial charge < -0.3 is 10.4 Å². The van der Waals surface area contributed by atoms with Crippen LogP contribution in [0.5, 0.6) is 0 Å². The zero-order valence-electron chi connectivity index (χ0n) is 17.5. The minimum Gasteiger partial charge on any atom is -0.481 e. The van der Waals surface area contributed by atoms with Crippen molar-refractivity contribution in [2.75, 3.05) is 11.9 Å². The minimum absolute atomic E-state index is 0.240. The number of carboxylic acid groups (broad SMARTS) is 1. The van der Waals surface area contributed by atoms with Crippen LogP contribution in [0.1, 0.15) is 82.6 Å². The van der Waals surface area contributed by atoms with E-state index in [0.717, 1.165) is 37.9 Å². The quantitative estimate of drug-likeness (QED) is 0.208. The van der Waals surface area contributed by atoms with Crippen LogP contribution in [0.2, 0.25) is 0 Å². The van der Waals surface area contributed by atoms with Crippen molar-refractivity contribution in [2.24, 2.45) is 0 Å². The fourth-order valence-electron chi connectivity index (χ4n) is 3.18. The highest BCUT2D eigenvalue weighted by atomic mass is 16.4. The number of unbranched alkanes of at least 4 members (excludes halogenated alkanes) is 8. The normalized spacial score (nSPS) is 11.0. The van der Waals surface area contributed by atoms with Crippen LogP contribution in [0, 0.1) is 0 Å². The van der Waals surface area contributed by atoms with Crippen LogP contribution in [0.25, 0.3) is 0 Å². The van der Waals surface area contributed by atoms with Gasteiger partial charge in [-0.15, -0.1) is 6.58 Å². The third-order valence-electron chi connectivity index (χ3n) is 4.88. The average Bonchev–Trinajstić information content (AvgIpc) is 2.69. The molecule has 0 heterocycles. The van der Waals surface area contributed by atoms with Crippen LogP contribution in [0.4, 0.5) is 5.69 Å². The van der Waals surface area contributed by atoms with Gasteiger partial charge in [0.2, 0.25) is 0 Å². The minimum atomic E-state index is -0.720. The molecule has 156 valence electrons. The van der Waals surface area contributed by atoms with Gasteiger partial charge in [0, 0.05) is 18.7 Å². The molecule has 1 aromatic rings. The highest BCUT2D eigenvalue weighted by Crippen LogP contribution is 2.12. The molecule has 0 aliphatic carbocycles. The molecular formula is C25H39NO2. The molecule has 2 N–H and O–H groups in total. The van der Waals surface area contributed by atoms with Crippen LogP contribution in [0.15, 0.2) is 49.1 Å². The maximum Gasteiger partial charge on any atom is 0.303 e. The Morgan fingerprint density at radius 3 is 2.11 bits per heavy atom. The van der Waals surface area contributed by atoms with Crippen LogP contribution in [-0.2, 0) is 11.2 Å². The first-order valence-corrected chi connectivity index (χ1v) is 11.0. The van der Waals surface area contributed by atoms with Crippen molar-refractivity contribution in [2.45, 2.75) is 83.5 Å². The summed E-state index contributed by atoms with van der Waals surface area (Å²) < 4.78 is 0. The van der Waals surface area contributed by atoms with Gasteiger partial charge in [-0.3, -0.25) is 4.79 Å². The summed E-state index contributed by atoms with van der Waals surface area (Å²) >= 11 is 0. The van der Waals surface area contributed by atoms with Crippen LogP contribution >= 0.6 is 0 Å². The molecule has 0 bridgehead atoms. The summed E-state index contributed by atoms with van der Waals surface area (Å²) in [6, 6.07) is 8.35. The highest BCUT2D eigenvalue weighted by Gasteiger charge is 1.99. The van der Waals surface area contributed by atoms with Gasteiger partial charge in [0.1, 0.15) is 0 Å². The van der Waals surface area contributed by atoms with E-state index in [4.69, 9.17) is 5.11 Å². The second kappa shape index (κ2) is 17.1. The number of carbonyl (C=O) groups is 1. The third kappa shape index (κ3) is 14.1. The lowest BCUT2D eigenvalue weighted by Crippen LogP contribution is -2.01. The standard InChI is InChI=1S/C25H39NO2/c1-2-3-4-5-6-7-8-9-10-11-12-13-14-22-26-24-20-18-23(19-21-24)16-15-17-25(27)28/h2,11-12,18-21,26H,1,3-10,13-17,22H2,(H,27,28). The van der Waals surface area contributed by atoms with E-state index in [1.807, 2.05) is 6.08 Å². The topological polar surface area (TPSA) is 49.3 Å². The molecule has 0 aliphatic rings. The molecule has 0 amide bonds. The largest absolute Gasteiger partial charge is 0.481 e. The first-order chi connectivity index (χ1) is 13.7. The molecule has 1 rings (SSSR count). The lowest BCUT2D eigenvalue weighted by Gasteiger charge is -2.06. The Kier molecular flexibility index (Phi) is 14.7. The number of carboxylic acids is 1. The number of hydrogen-bond donors (Lipinski definition) is 2. The van der Waals surface area contributed by atoms with Crippen molar-refractivity contribution in [3.05, 3.63) is 54.6 Å². The van der Waals surface area contributed by atoms with Gasteiger partial charge in [-0.05, 0) is 69.1 Å². The Bertz CT molecular complexity index is 548. The predicted molar refractivity (Wildman–Crippen MR) is 121 cm³/mol. The SMILES string of the molecule is C=CCCCCCCCCC=CCCCNc1ccc(CCCC(=O)O)cc1. The van der Waals surface area contributed by atoms with E-state index in [9.17, 15) is 4.79 Å². The fraction of sp³-hybridized carbons (Fsp3) is 0.560. The van der Waals surface area contributed by atoms with Gasteiger partial charge in [-0.1, -0.05) is 56.0 Å². The Morgan fingerprint density at radius 2 is 1.46 bits per heavy atom. The first-order valence-electron chi connectivity index (χ1n) is 11.0. The van der Waals surface area contributed by atoms with E-state index in [2.05, 4.69) is 48.3 Å². The smallest absolute Gasteiger partial charge is 0.303 e. The lowest BCUT2D eigenvalue weighted by atomic mass is 10.1. The molecule has 1 aromatic carbocycles. The molecule has 0 radical (unpaired) electrons. The molecule has 0 spiro atoms. The molecule has 3 nitrogen and oxygen atoms in total. The molecule has 0 aromatic heterocycles. The Labute approximate surface area is 171 Å². The number of anilines is 1. The van der Waals surface area contributed by atoms with Gasteiger partial charge in [0.05, 0.1) is 0 Å². The lowest BCUT2D eigenvalue weighted by molar-refractivity contribution is -0.137. The summed E-state index contributed by atoms with van der Waals surface area (Å²) in [5.41, 5.74) is 2.34. The summed E-state index contributed by atoms with van der Waals surface area (Å²) in [5, 5.41) is 12.1. The first kappa shape index (κ1) is 24.0. The van der Waals surface area contributed by atoms with Gasteiger partial charge >= 0.3 is 5.97 Å². The zero-order valence-corrected chi connectivity index (χ0v) is 17.5. The van der Waals surface area contributed by atoms with Crippen molar-refractivity contribution in [1.29, 1.82) is 0 Å². The van der Waals surface area contributed by atoms with E-state index in [1.165, 1.54) is 50.5 Å². The van der Waals surface area contributed by atoms with Gasteiger partial charge in [0.25, 0.3) is 0 Å². The fourth-order valence-corrected chi connectivity index (χ4v) is 3.18. The molecule has 0 saturated heterocycles. The summed E-state index contributed by atoms with van der Waals surface area (Å²) in [6.07, 6.45) is 21.1. The molecule has 0 atom stereocenters. The van der Waals surface area contributed by atoms with E-state index in [-0.39, 0.29) is 6.42 Å². The van der Waals surface area contributed by atoms with E-state index in [1.54, 1.807) is 0 Å². The number of aliphatic carboxylic acids is 1.